The van der Waals surface area contributed by atoms with Gasteiger partial charge in [-0.25, -0.2) is 0 Å². The predicted molar refractivity (Wildman–Crippen MR) is 75.1 cm³/mol. The van der Waals surface area contributed by atoms with E-state index in [4.69, 9.17) is 0 Å². The molecule has 0 atom stereocenters. The van der Waals surface area contributed by atoms with E-state index in [0.717, 1.165) is 37.2 Å². The number of ketones is 1. The van der Waals surface area contributed by atoms with Gasteiger partial charge in [-0.3, -0.25) is 9.59 Å². The molecule has 1 aliphatic rings. The molecule has 0 spiro atoms. The molecule has 102 valence electrons. The van der Waals surface area contributed by atoms with Crippen LogP contribution in [0.1, 0.15) is 48.5 Å². The second-order valence-corrected chi connectivity index (χ2v) is 5.63. The monoisotopic (exact) mass is 259 g/mol. The molecule has 3 nitrogen and oxygen atoms in total. The highest BCUT2D eigenvalue weighted by molar-refractivity contribution is 6.42. The highest BCUT2D eigenvalue weighted by Gasteiger charge is 2.23. The molecule has 1 fully saturated rings. The molecule has 1 aromatic rings. The first-order valence-electron chi connectivity index (χ1n) is 6.98. The van der Waals surface area contributed by atoms with Crippen molar-refractivity contribution in [1.82, 2.24) is 5.32 Å². The Kier molecular flexibility index (Phi) is 4.35. The Bertz CT molecular complexity index is 456. The quantitative estimate of drug-likeness (QED) is 0.670. The van der Waals surface area contributed by atoms with Crippen LogP contribution in [0.4, 0.5) is 0 Å². The van der Waals surface area contributed by atoms with Gasteiger partial charge in [0.15, 0.2) is 0 Å². The summed E-state index contributed by atoms with van der Waals surface area (Å²) in [6.07, 6.45) is 4.22. The maximum atomic E-state index is 12.0. The van der Waals surface area contributed by atoms with E-state index >= 15 is 0 Å². The molecule has 1 aliphatic carbocycles. The first-order valence-corrected chi connectivity index (χ1v) is 6.98. The van der Waals surface area contributed by atoms with Crippen LogP contribution in [0.25, 0.3) is 0 Å². The summed E-state index contributed by atoms with van der Waals surface area (Å²) in [6.45, 7) is 4.19. The maximum absolute atomic E-state index is 12.0. The lowest BCUT2D eigenvalue weighted by Gasteiger charge is -2.26. The Balaban J connectivity index is 1.92. The van der Waals surface area contributed by atoms with Crippen molar-refractivity contribution < 1.29 is 9.59 Å². The van der Waals surface area contributed by atoms with Crippen molar-refractivity contribution in [2.45, 2.75) is 45.6 Å². The van der Waals surface area contributed by atoms with E-state index in [0.29, 0.717) is 5.56 Å². The van der Waals surface area contributed by atoms with Crippen molar-refractivity contribution in [1.29, 1.82) is 0 Å². The van der Waals surface area contributed by atoms with Gasteiger partial charge in [0.1, 0.15) is 0 Å². The number of benzene rings is 1. The Morgan fingerprint density at radius 2 is 1.63 bits per heavy atom. The zero-order valence-corrected chi connectivity index (χ0v) is 11.6. The van der Waals surface area contributed by atoms with Gasteiger partial charge in [-0.05, 0) is 38.5 Å². The summed E-state index contributed by atoms with van der Waals surface area (Å²) in [4.78, 5) is 23.9. The third-order valence-corrected chi connectivity index (χ3v) is 3.87. The highest BCUT2D eigenvalue weighted by atomic mass is 16.2. The van der Waals surface area contributed by atoms with Crippen molar-refractivity contribution in [2.24, 2.45) is 5.92 Å². The van der Waals surface area contributed by atoms with E-state index in [1.54, 1.807) is 12.1 Å². The van der Waals surface area contributed by atoms with Gasteiger partial charge in [0.05, 0.1) is 0 Å². The topological polar surface area (TPSA) is 46.2 Å². The van der Waals surface area contributed by atoms with Gasteiger partial charge < -0.3 is 5.32 Å². The molecule has 0 saturated heterocycles. The second kappa shape index (κ2) is 6.00. The standard InChI is InChI=1S/C16H21NO2/c1-11-3-7-13(8-4-11)15(18)16(19)17-14-9-5-12(2)6-10-14/h3-4,7-8,12,14H,5-6,9-10H2,1-2H3,(H,17,19). The summed E-state index contributed by atoms with van der Waals surface area (Å²) in [5, 5.41) is 2.86. The molecule has 0 aliphatic heterocycles. The van der Waals surface area contributed by atoms with E-state index < -0.39 is 11.7 Å². The van der Waals surface area contributed by atoms with Crippen LogP contribution in [0.5, 0.6) is 0 Å². The number of hydrogen-bond donors (Lipinski definition) is 1. The Morgan fingerprint density at radius 3 is 2.21 bits per heavy atom. The van der Waals surface area contributed by atoms with Crippen molar-refractivity contribution in [3.63, 3.8) is 0 Å². The summed E-state index contributed by atoms with van der Waals surface area (Å²) in [5.74, 6) is -0.164. The number of rotatable bonds is 3. The normalized spacial score (nSPS) is 22.8. The second-order valence-electron chi connectivity index (χ2n) is 5.63. The van der Waals surface area contributed by atoms with Crippen molar-refractivity contribution in [3.8, 4) is 0 Å². The van der Waals surface area contributed by atoms with Crippen LogP contribution in [0.3, 0.4) is 0 Å². The molecule has 0 radical (unpaired) electrons. The molecule has 0 aromatic heterocycles. The molecule has 0 bridgehead atoms. The third-order valence-electron chi connectivity index (χ3n) is 3.87. The molecule has 0 unspecified atom stereocenters. The summed E-state index contributed by atoms with van der Waals surface area (Å²) in [6, 6.07) is 7.28. The smallest absolute Gasteiger partial charge is 0.292 e. The molecule has 3 heteroatoms. The predicted octanol–water partition coefficient (Wildman–Crippen LogP) is 2.87. The van der Waals surface area contributed by atoms with Gasteiger partial charge >= 0.3 is 0 Å². The molecule has 1 aromatic carbocycles. The Labute approximate surface area is 114 Å². The lowest BCUT2D eigenvalue weighted by atomic mass is 9.87. The van der Waals surface area contributed by atoms with E-state index in [9.17, 15) is 9.59 Å². The Hall–Kier alpha value is -1.64. The number of amides is 1. The number of aryl methyl sites for hydroxylation is 1. The maximum Gasteiger partial charge on any atom is 0.292 e. The lowest BCUT2D eigenvalue weighted by molar-refractivity contribution is -0.117. The van der Waals surface area contributed by atoms with Crippen LogP contribution >= 0.6 is 0 Å². The minimum atomic E-state index is -0.469. The largest absolute Gasteiger partial charge is 0.346 e. The fourth-order valence-electron chi connectivity index (χ4n) is 2.49. The van der Waals surface area contributed by atoms with E-state index in [1.165, 1.54) is 0 Å². The first-order chi connectivity index (χ1) is 9.06. The average molecular weight is 259 g/mol. The molecule has 1 saturated carbocycles. The van der Waals surface area contributed by atoms with E-state index in [1.807, 2.05) is 19.1 Å². The van der Waals surface area contributed by atoms with Gasteiger partial charge in [-0.1, -0.05) is 36.8 Å². The Morgan fingerprint density at radius 1 is 1.05 bits per heavy atom. The van der Waals surface area contributed by atoms with Gasteiger partial charge in [-0.15, -0.1) is 0 Å². The number of Topliss-reactive ketones (excluding diaryl/α,β-unsaturated/α-hetero) is 1. The van der Waals surface area contributed by atoms with Crippen LogP contribution < -0.4 is 5.32 Å². The average Bonchev–Trinajstić information content (AvgIpc) is 2.41. The minimum absolute atomic E-state index is 0.165. The fraction of sp³-hybridized carbons (Fsp3) is 0.500. The van der Waals surface area contributed by atoms with Crippen molar-refractivity contribution in [2.75, 3.05) is 0 Å². The zero-order valence-electron chi connectivity index (χ0n) is 11.6. The summed E-state index contributed by atoms with van der Waals surface area (Å²) in [5.41, 5.74) is 1.55. The number of hydrogen-bond acceptors (Lipinski definition) is 2. The number of carbonyl (C=O) groups excluding carboxylic acids is 2. The molecule has 0 heterocycles. The molecular formula is C16H21NO2. The van der Waals surface area contributed by atoms with Crippen LogP contribution in [0, 0.1) is 12.8 Å². The zero-order chi connectivity index (χ0) is 13.8. The first kappa shape index (κ1) is 13.8. The van der Waals surface area contributed by atoms with E-state index in [-0.39, 0.29) is 6.04 Å². The van der Waals surface area contributed by atoms with Gasteiger partial charge in [0.2, 0.25) is 5.78 Å². The molecule has 19 heavy (non-hydrogen) atoms. The van der Waals surface area contributed by atoms with Crippen LogP contribution in [0.2, 0.25) is 0 Å². The highest BCUT2D eigenvalue weighted by Crippen LogP contribution is 2.23. The van der Waals surface area contributed by atoms with E-state index in [2.05, 4.69) is 12.2 Å². The van der Waals surface area contributed by atoms with Crippen molar-refractivity contribution in [3.05, 3.63) is 35.4 Å². The number of nitrogens with one attached hydrogen (secondary N) is 1. The summed E-state index contributed by atoms with van der Waals surface area (Å²) in [7, 11) is 0. The van der Waals surface area contributed by atoms with Crippen LogP contribution in [0.15, 0.2) is 24.3 Å². The third kappa shape index (κ3) is 3.66. The van der Waals surface area contributed by atoms with Crippen LogP contribution in [-0.2, 0) is 4.79 Å². The summed E-state index contributed by atoms with van der Waals surface area (Å²) >= 11 is 0. The molecule has 2 rings (SSSR count). The number of carbonyl (C=O) groups is 2. The van der Waals surface area contributed by atoms with Crippen LogP contribution in [-0.4, -0.2) is 17.7 Å². The van der Waals surface area contributed by atoms with Crippen molar-refractivity contribution >= 4 is 11.7 Å². The summed E-state index contributed by atoms with van der Waals surface area (Å²) < 4.78 is 0. The molecular weight excluding hydrogens is 238 g/mol. The SMILES string of the molecule is Cc1ccc(C(=O)C(=O)NC2CCC(C)CC2)cc1. The molecule has 1 N–H and O–H groups in total. The minimum Gasteiger partial charge on any atom is -0.346 e. The molecule has 1 amide bonds. The van der Waals surface area contributed by atoms with Gasteiger partial charge in [0.25, 0.3) is 5.91 Å². The lowest BCUT2D eigenvalue weighted by Crippen LogP contribution is -2.41. The fourth-order valence-corrected chi connectivity index (χ4v) is 2.49. The van der Waals surface area contributed by atoms with Gasteiger partial charge in [-0.2, -0.15) is 0 Å². The van der Waals surface area contributed by atoms with Gasteiger partial charge in [0, 0.05) is 11.6 Å².